The molecule has 0 spiro atoms. The zero-order valence-electron chi connectivity index (χ0n) is 26.6. The number of nitrogens with zero attached hydrogens (tertiary/aromatic N) is 2. The molecule has 2 bridgehead atoms. The first-order chi connectivity index (χ1) is 23.6. The van der Waals surface area contributed by atoms with Crippen LogP contribution in [0.2, 0.25) is 0 Å². The quantitative estimate of drug-likeness (QED) is 0.184. The predicted octanol–water partition coefficient (Wildman–Crippen LogP) is 6.97. The first-order valence-corrected chi connectivity index (χ1v) is 18.5. The number of sulfonamides is 1. The normalized spacial score (nSPS) is 22.5. The molecule has 0 radical (unpaired) electrons. The van der Waals surface area contributed by atoms with Gasteiger partial charge in [0.05, 0.1) is 11.0 Å². The van der Waals surface area contributed by atoms with Crippen LogP contribution >= 0.6 is 15.9 Å². The molecule has 2 aliphatic heterocycles. The van der Waals surface area contributed by atoms with E-state index in [4.69, 9.17) is 10.5 Å². The molecule has 2 heterocycles. The van der Waals surface area contributed by atoms with Gasteiger partial charge < -0.3 is 20.2 Å². The molecule has 3 fully saturated rings. The Morgan fingerprint density at radius 3 is 2.08 bits per heavy atom. The summed E-state index contributed by atoms with van der Waals surface area (Å²) in [6.45, 7) is 0. The van der Waals surface area contributed by atoms with Crippen molar-refractivity contribution in [1.29, 1.82) is 0 Å². The molecule has 3 aromatic rings. The largest absolute Gasteiger partial charge is 0.492 e. The van der Waals surface area contributed by atoms with E-state index in [2.05, 4.69) is 20.8 Å². The van der Waals surface area contributed by atoms with Crippen LogP contribution < -0.4 is 10.5 Å². The van der Waals surface area contributed by atoms with Crippen LogP contribution in [0, 0.1) is 0 Å². The summed E-state index contributed by atoms with van der Waals surface area (Å²) in [5.74, 6) is -8.59. The highest BCUT2D eigenvalue weighted by molar-refractivity contribution is 9.10. The zero-order valence-corrected chi connectivity index (χ0v) is 29.0. The van der Waals surface area contributed by atoms with Gasteiger partial charge in [-0.15, -0.1) is 0 Å². The SMILES string of the molecule is NC1CC2CCC(C1)N2C(=O)[C@H](N(OC(=O)C(F)(F)F)S(=O)(=O)c1ccc2cc(OC3CCCCC3)ccc2c1)C(F)(F)c1ccc(Br)cc1. The van der Waals surface area contributed by atoms with Crippen LogP contribution in [0.5, 0.6) is 5.75 Å². The van der Waals surface area contributed by atoms with Gasteiger partial charge in [-0.2, -0.15) is 22.0 Å². The third-order valence-electron chi connectivity index (χ3n) is 9.62. The second kappa shape index (κ2) is 14.0. The van der Waals surface area contributed by atoms with Crippen LogP contribution in [-0.4, -0.2) is 66.1 Å². The van der Waals surface area contributed by atoms with E-state index in [0.717, 1.165) is 61.3 Å². The molecule has 3 aromatic carbocycles. The highest BCUT2D eigenvalue weighted by atomic mass is 79.9. The molecular formula is C34H35BrF5N3O6S. The Bertz CT molecular complexity index is 1840. The van der Waals surface area contributed by atoms with Crippen molar-refractivity contribution in [2.24, 2.45) is 5.73 Å². The van der Waals surface area contributed by atoms with Gasteiger partial charge in [0, 0.05) is 28.2 Å². The molecule has 2 saturated heterocycles. The highest BCUT2D eigenvalue weighted by Gasteiger charge is 2.60. The van der Waals surface area contributed by atoms with Crippen LogP contribution in [0.25, 0.3) is 10.8 Å². The van der Waals surface area contributed by atoms with Crippen molar-refractivity contribution in [2.45, 2.75) is 105 Å². The van der Waals surface area contributed by atoms with E-state index in [1.807, 2.05) is 0 Å². The van der Waals surface area contributed by atoms with Crippen molar-refractivity contribution in [3.05, 3.63) is 70.7 Å². The number of benzene rings is 3. The summed E-state index contributed by atoms with van der Waals surface area (Å²) in [4.78, 5) is 31.3. The summed E-state index contributed by atoms with van der Waals surface area (Å²) in [5, 5.41) is 0.764. The van der Waals surface area contributed by atoms with Crippen molar-refractivity contribution in [1.82, 2.24) is 9.37 Å². The van der Waals surface area contributed by atoms with Gasteiger partial charge in [0.15, 0.2) is 0 Å². The second-order valence-corrected chi connectivity index (χ2v) is 15.8. The minimum atomic E-state index is -5.80. The molecule has 1 amide bonds. The predicted molar refractivity (Wildman–Crippen MR) is 175 cm³/mol. The number of hydrogen-bond donors (Lipinski definition) is 1. The molecule has 2 unspecified atom stereocenters. The second-order valence-electron chi connectivity index (χ2n) is 13.1. The van der Waals surface area contributed by atoms with E-state index in [0.29, 0.717) is 28.5 Å². The topological polar surface area (TPSA) is 119 Å². The van der Waals surface area contributed by atoms with Gasteiger partial charge in [0.1, 0.15) is 5.75 Å². The van der Waals surface area contributed by atoms with Gasteiger partial charge in [0.2, 0.25) is 6.04 Å². The minimum Gasteiger partial charge on any atom is -0.490 e. The number of rotatable bonds is 9. The molecule has 9 nitrogen and oxygen atoms in total. The summed E-state index contributed by atoms with van der Waals surface area (Å²) in [7, 11) is -5.59. The Balaban J connectivity index is 1.44. The maximum absolute atomic E-state index is 16.8. The van der Waals surface area contributed by atoms with Gasteiger partial charge in [0.25, 0.3) is 15.9 Å². The molecule has 1 saturated carbocycles. The number of amides is 1. The molecule has 3 aliphatic rings. The maximum atomic E-state index is 16.8. The van der Waals surface area contributed by atoms with Crippen LogP contribution in [0.3, 0.4) is 0 Å². The molecule has 0 aromatic heterocycles. The minimum absolute atomic E-state index is 0.0190. The summed E-state index contributed by atoms with van der Waals surface area (Å²) >= 11 is 3.12. The fourth-order valence-electron chi connectivity index (χ4n) is 7.22. The number of hydrogen-bond acceptors (Lipinski definition) is 7. The number of halogens is 6. The van der Waals surface area contributed by atoms with Gasteiger partial charge in [-0.1, -0.05) is 46.6 Å². The summed E-state index contributed by atoms with van der Waals surface area (Å²) in [6, 6.07) is 7.36. The molecule has 6 rings (SSSR count). The standard InChI is InChI=1S/C34H35BrF5N3O6S/c35-23-10-8-22(9-11-23)33(36,37)30(31(44)42-25-12-13-26(42)19-24(41)18-25)43(49-32(45)34(38,39)40)50(46,47)29-15-7-20-16-28(14-6-21(20)17-29)48-27-4-2-1-3-5-27/h6-11,14-17,24-27,30H,1-5,12-13,18-19,41H2/t24?,25?,26?,30-/m0/s1. The van der Waals surface area contributed by atoms with Crippen molar-refractivity contribution in [3.8, 4) is 5.75 Å². The van der Waals surface area contributed by atoms with E-state index in [1.165, 1.54) is 24.3 Å². The molecule has 3 atom stereocenters. The van der Waals surface area contributed by atoms with Crippen LogP contribution in [0.15, 0.2) is 70.0 Å². The van der Waals surface area contributed by atoms with Crippen LogP contribution in [0.1, 0.15) is 63.4 Å². The molecule has 1 aliphatic carbocycles. The number of carbonyl (C=O) groups is 2. The van der Waals surface area contributed by atoms with Crippen molar-refractivity contribution >= 4 is 48.6 Å². The van der Waals surface area contributed by atoms with E-state index in [9.17, 15) is 31.2 Å². The lowest BCUT2D eigenvalue weighted by molar-refractivity contribution is -0.240. The Hall–Kier alpha value is -3.34. The Morgan fingerprint density at radius 2 is 1.46 bits per heavy atom. The zero-order chi connectivity index (χ0) is 36.0. The summed E-state index contributed by atoms with van der Waals surface area (Å²) in [5.41, 5.74) is 5.21. The molecule has 270 valence electrons. The van der Waals surface area contributed by atoms with Crippen molar-refractivity contribution in [2.75, 3.05) is 0 Å². The fraction of sp³-hybridized carbons (Fsp3) is 0.471. The first-order valence-electron chi connectivity index (χ1n) is 16.3. The molecule has 2 N–H and O–H groups in total. The average Bonchev–Trinajstić information content (AvgIpc) is 3.34. The average molecular weight is 789 g/mol. The third-order valence-corrected chi connectivity index (χ3v) is 11.8. The molecule has 50 heavy (non-hydrogen) atoms. The number of hydroxylamine groups is 1. The Labute approximate surface area is 294 Å². The summed E-state index contributed by atoms with van der Waals surface area (Å²) in [6.07, 6.45) is 0.345. The highest BCUT2D eigenvalue weighted by Crippen LogP contribution is 2.43. The van der Waals surface area contributed by atoms with Gasteiger partial charge in [-0.05, 0) is 103 Å². The van der Waals surface area contributed by atoms with E-state index in [-0.39, 0.29) is 30.4 Å². The number of fused-ring (bicyclic) bond motifs is 3. The van der Waals surface area contributed by atoms with Gasteiger partial charge in [-0.3, -0.25) is 4.79 Å². The number of nitrogens with two attached hydrogens (primary N) is 1. The van der Waals surface area contributed by atoms with Crippen LogP contribution in [0.4, 0.5) is 22.0 Å². The maximum Gasteiger partial charge on any atom is 0.492 e. The van der Waals surface area contributed by atoms with Crippen molar-refractivity contribution < 1.29 is 49.5 Å². The smallest absolute Gasteiger partial charge is 0.490 e. The number of ether oxygens (including phenoxy) is 1. The monoisotopic (exact) mass is 787 g/mol. The van der Waals surface area contributed by atoms with Gasteiger partial charge >= 0.3 is 18.1 Å². The molecule has 16 heteroatoms. The lowest BCUT2D eigenvalue weighted by Gasteiger charge is -2.42. The Kier molecular flexibility index (Phi) is 10.2. The third kappa shape index (κ3) is 7.34. The van der Waals surface area contributed by atoms with Crippen LogP contribution in [-0.2, 0) is 30.4 Å². The molecular weight excluding hydrogens is 753 g/mol. The van der Waals surface area contributed by atoms with Crippen molar-refractivity contribution in [3.63, 3.8) is 0 Å². The lowest BCUT2D eigenvalue weighted by Crippen LogP contribution is -2.62. The van der Waals surface area contributed by atoms with E-state index >= 15 is 8.78 Å². The number of alkyl halides is 5. The fourth-order valence-corrected chi connectivity index (χ4v) is 8.87. The lowest BCUT2D eigenvalue weighted by atomic mass is 9.94. The van der Waals surface area contributed by atoms with E-state index in [1.54, 1.807) is 12.1 Å². The summed E-state index contributed by atoms with van der Waals surface area (Å²) < 4.78 is 109. The first kappa shape index (κ1) is 36.5. The van der Waals surface area contributed by atoms with Gasteiger partial charge in [-0.25, -0.2) is 13.2 Å². The van der Waals surface area contributed by atoms with E-state index < -0.39 is 67.1 Å². The Morgan fingerprint density at radius 1 is 0.860 bits per heavy atom. The number of carbonyl (C=O) groups excluding carboxylic acids is 2. The number of piperidine rings is 1.